The van der Waals surface area contributed by atoms with E-state index in [0.717, 1.165) is 49.7 Å². The predicted molar refractivity (Wildman–Crippen MR) is 122 cm³/mol. The Bertz CT molecular complexity index is 954. The molecule has 0 spiro atoms. The van der Waals surface area contributed by atoms with Gasteiger partial charge in [0.25, 0.3) is 0 Å². The number of rotatable bonds is 8. The summed E-state index contributed by atoms with van der Waals surface area (Å²) in [4.78, 5) is 37.1. The van der Waals surface area contributed by atoms with Crippen molar-refractivity contribution in [3.63, 3.8) is 0 Å². The summed E-state index contributed by atoms with van der Waals surface area (Å²) >= 11 is 0. The van der Waals surface area contributed by atoms with E-state index < -0.39 is 11.9 Å². The molecule has 2 unspecified atom stereocenters. The highest BCUT2D eigenvalue weighted by atomic mass is 16.2. The second kappa shape index (κ2) is 9.98. The van der Waals surface area contributed by atoms with E-state index in [1.807, 2.05) is 30.3 Å². The van der Waals surface area contributed by atoms with Crippen LogP contribution in [0.5, 0.6) is 0 Å². The molecule has 6 nitrogen and oxygen atoms in total. The molecule has 32 heavy (non-hydrogen) atoms. The SMILES string of the molecule is NC(=O)[C@@H](NC(=O)C1CCCCC1c1ccc(CNC(=O)C2CC2)cc1)c1ccccc1. The molecule has 4 N–H and O–H groups in total. The molecule has 2 aliphatic carbocycles. The Morgan fingerprint density at radius 2 is 1.56 bits per heavy atom. The van der Waals surface area contributed by atoms with Crippen LogP contribution >= 0.6 is 0 Å². The van der Waals surface area contributed by atoms with Gasteiger partial charge in [0.05, 0.1) is 0 Å². The van der Waals surface area contributed by atoms with E-state index in [4.69, 9.17) is 5.73 Å². The fourth-order valence-electron chi connectivity index (χ4n) is 4.62. The first-order valence-corrected chi connectivity index (χ1v) is 11.5. The van der Waals surface area contributed by atoms with Crippen molar-refractivity contribution in [1.82, 2.24) is 10.6 Å². The van der Waals surface area contributed by atoms with Gasteiger partial charge in [-0.3, -0.25) is 14.4 Å². The molecule has 4 rings (SSSR count). The van der Waals surface area contributed by atoms with Gasteiger partial charge in [0, 0.05) is 18.4 Å². The van der Waals surface area contributed by atoms with Gasteiger partial charge in [-0.05, 0) is 48.3 Å². The van der Waals surface area contributed by atoms with Gasteiger partial charge in [0.15, 0.2) is 0 Å². The minimum Gasteiger partial charge on any atom is -0.368 e. The number of benzene rings is 2. The number of amides is 3. The molecule has 0 saturated heterocycles. The molecule has 6 heteroatoms. The van der Waals surface area contributed by atoms with Crippen LogP contribution in [0.25, 0.3) is 0 Å². The van der Waals surface area contributed by atoms with Gasteiger partial charge in [-0.1, -0.05) is 67.4 Å². The van der Waals surface area contributed by atoms with E-state index in [9.17, 15) is 14.4 Å². The number of carbonyl (C=O) groups is 3. The number of hydrogen-bond acceptors (Lipinski definition) is 3. The van der Waals surface area contributed by atoms with Crippen LogP contribution in [0.15, 0.2) is 54.6 Å². The smallest absolute Gasteiger partial charge is 0.244 e. The van der Waals surface area contributed by atoms with Crippen LogP contribution in [0.4, 0.5) is 0 Å². The molecule has 2 aromatic rings. The van der Waals surface area contributed by atoms with E-state index in [1.54, 1.807) is 12.1 Å². The van der Waals surface area contributed by atoms with Gasteiger partial charge in [-0.15, -0.1) is 0 Å². The van der Waals surface area contributed by atoms with Crippen LogP contribution in [0.3, 0.4) is 0 Å². The highest BCUT2D eigenvalue weighted by molar-refractivity contribution is 5.89. The van der Waals surface area contributed by atoms with Crippen LogP contribution in [0, 0.1) is 11.8 Å². The van der Waals surface area contributed by atoms with Crippen molar-refractivity contribution >= 4 is 17.7 Å². The topological polar surface area (TPSA) is 101 Å². The van der Waals surface area contributed by atoms with Crippen molar-refractivity contribution in [1.29, 1.82) is 0 Å². The molecule has 0 radical (unpaired) electrons. The standard InChI is InChI=1S/C26H31N3O3/c27-24(30)23(19-6-2-1-3-7-19)29-26(32)22-9-5-4-8-21(22)18-12-10-17(11-13-18)16-28-25(31)20-14-15-20/h1-3,6-7,10-13,20-23H,4-5,8-9,14-16H2,(H2,27,30)(H,28,31)(H,29,32)/t21?,22?,23-/m0/s1. The first-order valence-electron chi connectivity index (χ1n) is 11.5. The lowest BCUT2D eigenvalue weighted by Crippen LogP contribution is -2.42. The molecule has 2 saturated carbocycles. The second-order valence-corrected chi connectivity index (χ2v) is 8.99. The second-order valence-electron chi connectivity index (χ2n) is 8.99. The molecule has 0 bridgehead atoms. The molecule has 3 atom stereocenters. The third kappa shape index (κ3) is 5.36. The average molecular weight is 434 g/mol. The summed E-state index contributed by atoms with van der Waals surface area (Å²) in [6.07, 6.45) is 5.78. The number of nitrogens with two attached hydrogens (primary N) is 1. The van der Waals surface area contributed by atoms with Crippen molar-refractivity contribution in [2.45, 2.75) is 57.0 Å². The number of hydrogen-bond donors (Lipinski definition) is 3. The van der Waals surface area contributed by atoms with Crippen molar-refractivity contribution in [2.24, 2.45) is 17.6 Å². The van der Waals surface area contributed by atoms with Gasteiger partial charge in [-0.25, -0.2) is 0 Å². The molecule has 0 aromatic heterocycles. The first kappa shape index (κ1) is 22.1. The maximum Gasteiger partial charge on any atom is 0.244 e. The minimum atomic E-state index is -0.830. The monoisotopic (exact) mass is 433 g/mol. The summed E-state index contributed by atoms with van der Waals surface area (Å²) in [5.41, 5.74) is 8.47. The van der Waals surface area contributed by atoms with Gasteiger partial charge in [0.2, 0.25) is 17.7 Å². The fourth-order valence-corrected chi connectivity index (χ4v) is 4.62. The van der Waals surface area contributed by atoms with E-state index in [-0.39, 0.29) is 29.6 Å². The summed E-state index contributed by atoms with van der Waals surface area (Å²) in [5.74, 6) is -0.438. The average Bonchev–Trinajstić information content (AvgIpc) is 3.67. The third-order valence-electron chi connectivity index (χ3n) is 6.63. The van der Waals surface area contributed by atoms with Crippen LogP contribution in [-0.2, 0) is 20.9 Å². The van der Waals surface area contributed by atoms with Crippen LogP contribution in [0.1, 0.15) is 67.2 Å². The number of carbonyl (C=O) groups excluding carboxylic acids is 3. The summed E-state index contributed by atoms with van der Waals surface area (Å²) in [6, 6.07) is 16.5. The Balaban J connectivity index is 1.43. The summed E-state index contributed by atoms with van der Waals surface area (Å²) in [5, 5.41) is 5.89. The Morgan fingerprint density at radius 1 is 0.875 bits per heavy atom. The zero-order valence-electron chi connectivity index (χ0n) is 18.3. The van der Waals surface area contributed by atoms with Crippen molar-refractivity contribution in [2.75, 3.05) is 0 Å². The van der Waals surface area contributed by atoms with E-state index >= 15 is 0 Å². The Morgan fingerprint density at radius 3 is 2.22 bits per heavy atom. The zero-order valence-corrected chi connectivity index (χ0v) is 18.3. The summed E-state index contributed by atoms with van der Waals surface area (Å²) < 4.78 is 0. The molecule has 0 aliphatic heterocycles. The van der Waals surface area contributed by atoms with Crippen LogP contribution in [-0.4, -0.2) is 17.7 Å². The first-order chi connectivity index (χ1) is 15.5. The molecule has 168 valence electrons. The molecule has 2 fully saturated rings. The molecular weight excluding hydrogens is 402 g/mol. The van der Waals surface area contributed by atoms with Gasteiger partial charge in [0.1, 0.15) is 6.04 Å². The van der Waals surface area contributed by atoms with Crippen molar-refractivity contribution in [3.8, 4) is 0 Å². The molecular formula is C26H31N3O3. The largest absolute Gasteiger partial charge is 0.368 e. The number of nitrogens with one attached hydrogen (secondary N) is 2. The fraction of sp³-hybridized carbons (Fsp3) is 0.423. The minimum absolute atomic E-state index is 0.100. The van der Waals surface area contributed by atoms with Gasteiger partial charge >= 0.3 is 0 Å². The molecule has 0 heterocycles. The normalized spacial score (nSPS) is 21.4. The highest BCUT2D eigenvalue weighted by Crippen LogP contribution is 2.38. The maximum absolute atomic E-state index is 13.2. The summed E-state index contributed by atoms with van der Waals surface area (Å²) in [6.45, 7) is 0.529. The van der Waals surface area contributed by atoms with Gasteiger partial charge < -0.3 is 16.4 Å². The van der Waals surface area contributed by atoms with E-state index in [1.165, 1.54) is 0 Å². The molecule has 2 aliphatic rings. The van der Waals surface area contributed by atoms with Gasteiger partial charge in [-0.2, -0.15) is 0 Å². The van der Waals surface area contributed by atoms with Crippen molar-refractivity contribution in [3.05, 3.63) is 71.3 Å². The van der Waals surface area contributed by atoms with E-state index in [2.05, 4.69) is 22.8 Å². The third-order valence-corrected chi connectivity index (χ3v) is 6.63. The highest BCUT2D eigenvalue weighted by Gasteiger charge is 2.34. The lowest BCUT2D eigenvalue weighted by molar-refractivity contribution is -0.131. The van der Waals surface area contributed by atoms with Crippen molar-refractivity contribution < 1.29 is 14.4 Å². The van der Waals surface area contributed by atoms with Crippen LogP contribution in [0.2, 0.25) is 0 Å². The summed E-state index contributed by atoms with van der Waals surface area (Å²) in [7, 11) is 0. The predicted octanol–water partition coefficient (Wildman–Crippen LogP) is 3.33. The Kier molecular flexibility index (Phi) is 6.88. The lowest BCUT2D eigenvalue weighted by Gasteiger charge is -2.32. The molecule has 3 amide bonds. The maximum atomic E-state index is 13.2. The lowest BCUT2D eigenvalue weighted by atomic mass is 9.74. The van der Waals surface area contributed by atoms with Crippen LogP contribution < -0.4 is 16.4 Å². The molecule has 2 aromatic carbocycles. The Hall–Kier alpha value is -3.15. The number of primary amides is 1. The zero-order chi connectivity index (χ0) is 22.5. The van der Waals surface area contributed by atoms with E-state index in [0.29, 0.717) is 12.1 Å². The Labute approximate surface area is 189 Å². The quantitative estimate of drug-likeness (QED) is 0.595.